The molecule has 260 valence electrons. The zero-order valence-corrected chi connectivity index (χ0v) is 30.7. The van der Waals surface area contributed by atoms with Crippen LogP contribution in [0, 0.1) is 0 Å². The third-order valence-electron chi connectivity index (χ3n) is 11.1. The van der Waals surface area contributed by atoms with Crippen molar-refractivity contribution in [3.05, 3.63) is 199 Å². The first-order chi connectivity index (χ1) is 27.0. The molecule has 0 spiro atoms. The molecule has 9 aromatic rings. The van der Waals surface area contributed by atoms with Crippen molar-refractivity contribution in [2.45, 2.75) is 19.3 Å². The van der Waals surface area contributed by atoms with Crippen LogP contribution in [0.1, 0.15) is 25.0 Å². The summed E-state index contributed by atoms with van der Waals surface area (Å²) in [5, 5.41) is 2.46. The molecule has 0 fully saturated rings. The highest BCUT2D eigenvalue weighted by molar-refractivity contribution is 6.08. The fourth-order valence-corrected chi connectivity index (χ4v) is 8.26. The van der Waals surface area contributed by atoms with E-state index in [1.54, 1.807) is 0 Å². The van der Waals surface area contributed by atoms with E-state index < -0.39 is 0 Å². The van der Waals surface area contributed by atoms with Gasteiger partial charge < -0.3 is 0 Å². The number of fused-ring (bicyclic) bond motifs is 4. The highest BCUT2D eigenvalue weighted by Gasteiger charge is 2.38. The van der Waals surface area contributed by atoms with Gasteiger partial charge in [-0.1, -0.05) is 184 Å². The molecule has 0 atom stereocenters. The normalized spacial score (nSPS) is 12.7. The van der Waals surface area contributed by atoms with Crippen LogP contribution in [0.4, 0.5) is 0 Å². The number of nitrogens with zero attached hydrogens (tertiary/aromatic N) is 3. The molecule has 0 unspecified atom stereocenters. The zero-order valence-electron chi connectivity index (χ0n) is 30.7. The first-order valence-corrected chi connectivity index (χ1v) is 18.9. The Labute approximate surface area is 321 Å². The maximum absolute atomic E-state index is 5.07. The van der Waals surface area contributed by atoms with Gasteiger partial charge in [-0.05, 0) is 84.6 Å². The minimum atomic E-state index is -0.204. The Hall–Kier alpha value is -6.97. The molecule has 0 saturated heterocycles. The molecule has 3 nitrogen and oxygen atoms in total. The molecule has 1 heterocycles. The molecule has 10 rings (SSSR count). The van der Waals surface area contributed by atoms with Crippen molar-refractivity contribution in [3.63, 3.8) is 0 Å². The van der Waals surface area contributed by atoms with E-state index in [-0.39, 0.29) is 5.41 Å². The van der Waals surface area contributed by atoms with Crippen LogP contribution in [-0.4, -0.2) is 15.0 Å². The second-order valence-electron chi connectivity index (χ2n) is 14.8. The van der Waals surface area contributed by atoms with E-state index in [9.17, 15) is 0 Å². The number of benzene rings is 8. The fraction of sp³-hybridized carbons (Fsp3) is 0.0577. The zero-order chi connectivity index (χ0) is 36.9. The van der Waals surface area contributed by atoms with E-state index >= 15 is 0 Å². The van der Waals surface area contributed by atoms with Crippen molar-refractivity contribution in [1.29, 1.82) is 0 Å². The first-order valence-electron chi connectivity index (χ1n) is 18.9. The second-order valence-corrected chi connectivity index (χ2v) is 14.8. The van der Waals surface area contributed by atoms with Gasteiger partial charge in [-0.25, -0.2) is 15.0 Å². The highest BCUT2D eigenvalue weighted by atomic mass is 15.0. The maximum Gasteiger partial charge on any atom is 0.164 e. The minimum Gasteiger partial charge on any atom is -0.208 e. The molecule has 0 N–H and O–H groups in total. The van der Waals surface area contributed by atoms with Crippen LogP contribution in [0.2, 0.25) is 0 Å². The highest BCUT2D eigenvalue weighted by Crippen LogP contribution is 2.55. The van der Waals surface area contributed by atoms with Crippen molar-refractivity contribution < 1.29 is 0 Å². The Bertz CT molecular complexity index is 2800. The van der Waals surface area contributed by atoms with Crippen LogP contribution in [0.25, 0.3) is 89.4 Å². The van der Waals surface area contributed by atoms with Crippen molar-refractivity contribution >= 4 is 10.8 Å². The van der Waals surface area contributed by atoms with Gasteiger partial charge in [0.1, 0.15) is 0 Å². The standard InChI is InChI=1S/C52H37N3/c1-52(2)45-32-39(36-27-25-35(26-28-36)34-15-6-3-7-16-34)29-30-44(45)48-46(52)33-40-21-12-13-24-43(40)47(48)41-22-14-23-42(31-41)51-54-49(37-17-8-4-9-18-37)53-50(55-51)38-19-10-5-11-20-38/h3-33H,1-2H3. The average molecular weight is 704 g/mol. The number of rotatable bonds is 6. The van der Waals surface area contributed by atoms with Crippen LogP contribution < -0.4 is 0 Å². The topological polar surface area (TPSA) is 38.7 Å². The van der Waals surface area contributed by atoms with Crippen LogP contribution in [-0.2, 0) is 5.41 Å². The van der Waals surface area contributed by atoms with E-state index in [2.05, 4.69) is 141 Å². The molecule has 0 saturated carbocycles. The Kier molecular flexibility index (Phi) is 7.81. The van der Waals surface area contributed by atoms with Gasteiger partial charge in [0, 0.05) is 22.1 Å². The Balaban J connectivity index is 1.12. The number of hydrogen-bond donors (Lipinski definition) is 0. The fourth-order valence-electron chi connectivity index (χ4n) is 8.26. The van der Waals surface area contributed by atoms with Gasteiger partial charge in [-0.3, -0.25) is 0 Å². The van der Waals surface area contributed by atoms with E-state index in [1.165, 1.54) is 60.8 Å². The quantitative estimate of drug-likeness (QED) is 0.173. The van der Waals surface area contributed by atoms with Crippen molar-refractivity contribution in [2.24, 2.45) is 0 Å². The molecule has 0 radical (unpaired) electrons. The van der Waals surface area contributed by atoms with E-state index in [1.807, 2.05) is 60.7 Å². The molecule has 0 amide bonds. The average Bonchev–Trinajstić information content (AvgIpc) is 3.48. The lowest BCUT2D eigenvalue weighted by molar-refractivity contribution is 0.661. The molecule has 1 aliphatic rings. The number of hydrogen-bond acceptors (Lipinski definition) is 3. The van der Waals surface area contributed by atoms with Gasteiger partial charge in [0.05, 0.1) is 0 Å². The van der Waals surface area contributed by atoms with E-state index in [0.717, 1.165) is 22.3 Å². The molecule has 1 aliphatic carbocycles. The van der Waals surface area contributed by atoms with Crippen molar-refractivity contribution in [2.75, 3.05) is 0 Å². The van der Waals surface area contributed by atoms with Gasteiger partial charge >= 0.3 is 0 Å². The summed E-state index contributed by atoms with van der Waals surface area (Å²) in [5.41, 5.74) is 15.2. The van der Waals surface area contributed by atoms with Gasteiger partial charge in [0.2, 0.25) is 0 Å². The lowest BCUT2D eigenvalue weighted by Crippen LogP contribution is -2.15. The molecule has 8 aromatic carbocycles. The summed E-state index contributed by atoms with van der Waals surface area (Å²) in [6.07, 6.45) is 0. The predicted molar refractivity (Wildman–Crippen MR) is 228 cm³/mol. The second kappa shape index (κ2) is 13.2. The summed E-state index contributed by atoms with van der Waals surface area (Å²) in [5.74, 6) is 1.96. The molecule has 0 aliphatic heterocycles. The third kappa shape index (κ3) is 5.73. The summed E-state index contributed by atoms with van der Waals surface area (Å²) in [6.45, 7) is 4.74. The largest absolute Gasteiger partial charge is 0.208 e. The van der Waals surface area contributed by atoms with Gasteiger partial charge in [0.25, 0.3) is 0 Å². The van der Waals surface area contributed by atoms with E-state index in [4.69, 9.17) is 15.0 Å². The Morgan fingerprint density at radius 2 is 0.800 bits per heavy atom. The first kappa shape index (κ1) is 32.7. The lowest BCUT2D eigenvalue weighted by Gasteiger charge is -2.23. The molecule has 1 aromatic heterocycles. The van der Waals surface area contributed by atoms with Crippen LogP contribution in [0.15, 0.2) is 188 Å². The van der Waals surface area contributed by atoms with E-state index in [0.29, 0.717) is 17.5 Å². The minimum absolute atomic E-state index is 0.204. The van der Waals surface area contributed by atoms with Crippen LogP contribution in [0.3, 0.4) is 0 Å². The molecular weight excluding hydrogens is 667 g/mol. The maximum atomic E-state index is 5.07. The third-order valence-corrected chi connectivity index (χ3v) is 11.1. The number of aromatic nitrogens is 3. The summed E-state index contributed by atoms with van der Waals surface area (Å²) in [4.78, 5) is 15.1. The van der Waals surface area contributed by atoms with Crippen molar-refractivity contribution in [1.82, 2.24) is 15.0 Å². The molecule has 0 bridgehead atoms. The van der Waals surface area contributed by atoms with Crippen LogP contribution >= 0.6 is 0 Å². The monoisotopic (exact) mass is 703 g/mol. The lowest BCUT2D eigenvalue weighted by atomic mass is 9.80. The Morgan fingerprint density at radius 1 is 0.327 bits per heavy atom. The molecular formula is C52H37N3. The van der Waals surface area contributed by atoms with Gasteiger partial charge in [-0.2, -0.15) is 0 Å². The summed E-state index contributed by atoms with van der Waals surface area (Å²) >= 11 is 0. The van der Waals surface area contributed by atoms with Crippen LogP contribution in [0.5, 0.6) is 0 Å². The summed E-state index contributed by atoms with van der Waals surface area (Å²) in [7, 11) is 0. The SMILES string of the molecule is CC1(C)c2cc(-c3ccc(-c4ccccc4)cc3)ccc2-c2c1cc1ccccc1c2-c1cccc(-c2nc(-c3ccccc3)nc(-c3ccccc3)n2)c1. The summed E-state index contributed by atoms with van der Waals surface area (Å²) in [6, 6.07) is 66.8. The molecule has 3 heteroatoms. The molecule has 55 heavy (non-hydrogen) atoms. The van der Waals surface area contributed by atoms with Gasteiger partial charge in [0.15, 0.2) is 17.5 Å². The predicted octanol–water partition coefficient (Wildman–Crippen LogP) is 13.3. The Morgan fingerprint density at radius 3 is 1.44 bits per heavy atom. The summed E-state index contributed by atoms with van der Waals surface area (Å²) < 4.78 is 0. The van der Waals surface area contributed by atoms with Gasteiger partial charge in [-0.15, -0.1) is 0 Å². The van der Waals surface area contributed by atoms with Crippen molar-refractivity contribution in [3.8, 4) is 78.7 Å². The smallest absolute Gasteiger partial charge is 0.164 e.